The van der Waals surface area contributed by atoms with Gasteiger partial charge in [0.25, 0.3) is 5.01 Å². The van der Waals surface area contributed by atoms with Crippen molar-refractivity contribution >= 4 is 78.6 Å². The Labute approximate surface area is 300 Å². The average molecular weight is 699 g/mol. The van der Waals surface area contributed by atoms with E-state index in [2.05, 4.69) is 120 Å². The van der Waals surface area contributed by atoms with Crippen LogP contribution in [0.5, 0.6) is 0 Å². The van der Waals surface area contributed by atoms with E-state index in [4.69, 9.17) is 0 Å². The summed E-state index contributed by atoms with van der Waals surface area (Å²) in [7, 11) is 2.96. The van der Waals surface area contributed by atoms with Crippen molar-refractivity contribution in [1.82, 2.24) is 9.80 Å². The maximum atomic E-state index is 13.8. The second kappa shape index (κ2) is 12.9. The molecule has 5 aromatic rings. The fourth-order valence-corrected chi connectivity index (χ4v) is 10.0. The predicted molar refractivity (Wildman–Crippen MR) is 203 cm³/mol. The van der Waals surface area contributed by atoms with Crippen LogP contribution in [-0.2, 0) is 11.3 Å². The van der Waals surface area contributed by atoms with Crippen LogP contribution >= 0.6 is 23.1 Å². The van der Waals surface area contributed by atoms with Gasteiger partial charge in [0.05, 0.1) is 22.0 Å². The summed E-state index contributed by atoms with van der Waals surface area (Å²) in [4.78, 5) is 32.4. The number of amides is 3. The van der Waals surface area contributed by atoms with Crippen molar-refractivity contribution in [3.8, 4) is 0 Å². The number of aromatic nitrogens is 1. The molecule has 2 unspecified atom stereocenters. The van der Waals surface area contributed by atoms with Gasteiger partial charge in [0.2, 0.25) is 11.4 Å². The first-order valence-corrected chi connectivity index (χ1v) is 18.8. The lowest BCUT2D eigenvalue weighted by Crippen LogP contribution is -2.64. The number of hydrogen-bond donors (Lipinski definition) is 0. The van der Waals surface area contributed by atoms with Crippen molar-refractivity contribution in [3.05, 3.63) is 118 Å². The van der Waals surface area contributed by atoms with Crippen LogP contribution in [0.4, 0.5) is 10.5 Å². The Morgan fingerprint density at radius 1 is 0.880 bits per heavy atom. The maximum Gasteiger partial charge on any atom is 0.325 e. The molecule has 3 aliphatic rings. The number of hydrogen-bond acceptors (Lipinski definition) is 6. The highest BCUT2D eigenvalue weighted by molar-refractivity contribution is 8.03. The molecule has 0 bridgehead atoms. The number of anilines is 1. The third-order valence-corrected chi connectivity index (χ3v) is 12.5. The fourth-order valence-electron chi connectivity index (χ4n) is 7.72. The highest BCUT2D eigenvalue weighted by atomic mass is 32.2. The quantitative estimate of drug-likeness (QED) is 0.169. The minimum absolute atomic E-state index is 0.448. The molecule has 7 nitrogen and oxygen atoms in total. The van der Waals surface area contributed by atoms with Crippen molar-refractivity contribution in [2.24, 2.45) is 5.92 Å². The standard InChI is InChI=1S/C41H38N4O3S2/c1-5-44-33(49-31-21-17-25-11-7-9-13-29(25)37(31)44)23-19-27-15-16-28(35(27)36-39(46)42(3)41(48)43(4)40(36)47)20-24-34-45(6-2)38-30-14-10-8-12-26(30)18-22-32(38)50-34/h7-14,17-24,36,39H,5-6,15-16H2,1-4H3. The molecule has 1 aliphatic carbocycles. The maximum absolute atomic E-state index is 13.8. The van der Waals surface area contributed by atoms with E-state index >= 15 is 0 Å². The Morgan fingerprint density at radius 3 is 2.36 bits per heavy atom. The van der Waals surface area contributed by atoms with E-state index in [9.17, 15) is 14.7 Å². The van der Waals surface area contributed by atoms with Crippen LogP contribution < -0.4 is 14.6 Å². The average Bonchev–Trinajstić information content (AvgIpc) is 3.84. The Hall–Kier alpha value is -4.70. The van der Waals surface area contributed by atoms with Crippen molar-refractivity contribution in [2.75, 3.05) is 25.5 Å². The van der Waals surface area contributed by atoms with E-state index in [1.54, 1.807) is 23.1 Å². The molecule has 1 fully saturated rings. The van der Waals surface area contributed by atoms with E-state index < -0.39 is 24.1 Å². The summed E-state index contributed by atoms with van der Waals surface area (Å²) in [6.07, 6.45) is 8.37. The minimum atomic E-state index is -1.52. The van der Waals surface area contributed by atoms with Gasteiger partial charge in [0.15, 0.2) is 0 Å². The summed E-state index contributed by atoms with van der Waals surface area (Å²) < 4.78 is 3.56. The van der Waals surface area contributed by atoms with E-state index in [1.165, 1.54) is 56.4 Å². The fraction of sp³-hybridized carbons (Fsp3) is 0.244. The number of aryl methyl sites for hydroxylation is 1. The van der Waals surface area contributed by atoms with E-state index in [0.29, 0.717) is 12.8 Å². The second-order valence-electron chi connectivity index (χ2n) is 12.9. The van der Waals surface area contributed by atoms with Gasteiger partial charge in [-0.3, -0.25) is 9.69 Å². The monoisotopic (exact) mass is 698 g/mol. The lowest BCUT2D eigenvalue weighted by atomic mass is 9.87. The first-order valence-electron chi connectivity index (χ1n) is 17.1. The van der Waals surface area contributed by atoms with Crippen LogP contribution in [0.15, 0.2) is 118 Å². The number of thioether (sulfide) groups is 1. The van der Waals surface area contributed by atoms with Crippen LogP contribution in [0.3, 0.4) is 0 Å². The second-order valence-corrected chi connectivity index (χ2v) is 15.1. The van der Waals surface area contributed by atoms with Crippen LogP contribution in [0.25, 0.3) is 37.8 Å². The van der Waals surface area contributed by atoms with E-state index in [0.717, 1.165) is 49.6 Å². The number of imide groups is 1. The molecule has 9 heteroatoms. The smallest absolute Gasteiger partial charge is 0.325 e. The van der Waals surface area contributed by atoms with E-state index in [1.807, 2.05) is 0 Å². The highest BCUT2D eigenvalue weighted by Crippen LogP contribution is 2.50. The molecule has 3 heterocycles. The summed E-state index contributed by atoms with van der Waals surface area (Å²) >= 11 is 3.48. The number of thiazole rings is 1. The number of carbonyl (C=O) groups excluding carboxylic acids is 2. The molecular weight excluding hydrogens is 661 g/mol. The van der Waals surface area contributed by atoms with Crippen molar-refractivity contribution < 1.29 is 19.3 Å². The third kappa shape index (κ3) is 5.18. The number of urea groups is 1. The van der Waals surface area contributed by atoms with Gasteiger partial charge in [-0.15, -0.1) is 0 Å². The summed E-state index contributed by atoms with van der Waals surface area (Å²) in [5, 5.41) is 20.9. The first-order chi connectivity index (χ1) is 24.3. The van der Waals surface area contributed by atoms with Gasteiger partial charge in [-0.05, 0) is 84.7 Å². The highest BCUT2D eigenvalue weighted by Gasteiger charge is 2.42. The van der Waals surface area contributed by atoms with Gasteiger partial charge in [-0.25, -0.2) is 4.79 Å². The Bertz CT molecular complexity index is 2350. The van der Waals surface area contributed by atoms with Crippen LogP contribution in [0.2, 0.25) is 0 Å². The number of nitrogens with zero attached hydrogens (tertiary/aromatic N) is 4. The zero-order valence-electron chi connectivity index (χ0n) is 28.6. The zero-order valence-corrected chi connectivity index (χ0v) is 30.2. The SMILES string of the molecule is CCN1/C(=C/C=C2\CCC(/C=C/c3sc4ccc5ccccc5c4[n+]3CC)=C2C2C(=O)N(C)C(=O)N(C)C2[O-])Sc2ccc3ccccc3c21. The van der Waals surface area contributed by atoms with Gasteiger partial charge < -0.3 is 14.9 Å². The molecule has 1 saturated heterocycles. The zero-order chi connectivity index (χ0) is 34.7. The molecule has 8 rings (SSSR count). The molecule has 4 aromatic carbocycles. The molecule has 2 atom stereocenters. The molecule has 50 heavy (non-hydrogen) atoms. The van der Waals surface area contributed by atoms with Gasteiger partial charge in [-0.2, -0.15) is 4.57 Å². The Morgan fingerprint density at radius 2 is 1.60 bits per heavy atom. The molecule has 1 aromatic heterocycles. The predicted octanol–water partition coefficient (Wildman–Crippen LogP) is 7.85. The molecule has 0 N–H and O–H groups in total. The number of benzene rings is 4. The lowest BCUT2D eigenvalue weighted by molar-refractivity contribution is -0.664. The number of allylic oxidation sites excluding steroid dienone is 5. The summed E-state index contributed by atoms with van der Waals surface area (Å²) in [6, 6.07) is 25.1. The van der Waals surface area contributed by atoms with Crippen LogP contribution in [0, 0.1) is 5.92 Å². The first kappa shape index (κ1) is 32.5. The van der Waals surface area contributed by atoms with Gasteiger partial charge in [0, 0.05) is 37.0 Å². The molecule has 252 valence electrons. The molecule has 0 radical (unpaired) electrons. The normalized spacial score (nSPS) is 21.5. The van der Waals surface area contributed by atoms with Crippen molar-refractivity contribution in [2.45, 2.75) is 44.4 Å². The lowest BCUT2D eigenvalue weighted by Gasteiger charge is -2.46. The Balaban J connectivity index is 1.23. The van der Waals surface area contributed by atoms with E-state index in [-0.39, 0.29) is 0 Å². The minimum Gasteiger partial charge on any atom is -0.835 e. The third-order valence-electron chi connectivity index (χ3n) is 10.2. The van der Waals surface area contributed by atoms with Crippen molar-refractivity contribution in [3.63, 3.8) is 0 Å². The summed E-state index contributed by atoms with van der Waals surface area (Å²) in [5.41, 5.74) is 5.12. The molecule has 2 aliphatic heterocycles. The summed E-state index contributed by atoms with van der Waals surface area (Å²) in [5.74, 6) is -1.45. The number of fused-ring (bicyclic) bond motifs is 6. The molecule has 0 saturated carbocycles. The largest absolute Gasteiger partial charge is 0.835 e. The van der Waals surface area contributed by atoms with Gasteiger partial charge in [0.1, 0.15) is 11.2 Å². The van der Waals surface area contributed by atoms with Gasteiger partial charge >= 0.3 is 6.03 Å². The molecular formula is C41H38N4O3S2. The number of rotatable bonds is 6. The van der Waals surface area contributed by atoms with Crippen molar-refractivity contribution in [1.29, 1.82) is 0 Å². The Kier molecular flexibility index (Phi) is 8.37. The van der Waals surface area contributed by atoms with Crippen LogP contribution in [0.1, 0.15) is 31.7 Å². The topological polar surface area (TPSA) is 70.8 Å². The molecule has 3 amide bonds. The summed E-state index contributed by atoms with van der Waals surface area (Å²) in [6.45, 7) is 5.94. The number of carbonyl (C=O) groups is 2. The molecule has 0 spiro atoms. The van der Waals surface area contributed by atoms with Crippen LogP contribution in [-0.4, -0.2) is 48.6 Å². The van der Waals surface area contributed by atoms with Gasteiger partial charge in [-0.1, -0.05) is 89.8 Å².